The lowest BCUT2D eigenvalue weighted by Crippen LogP contribution is -2.21. The van der Waals surface area contributed by atoms with Crippen LogP contribution < -0.4 is 25.4 Å². The van der Waals surface area contributed by atoms with Crippen molar-refractivity contribution < 1.29 is 19.0 Å². The van der Waals surface area contributed by atoms with Crippen molar-refractivity contribution in [1.82, 2.24) is 5.43 Å². The summed E-state index contributed by atoms with van der Waals surface area (Å²) < 4.78 is 15.5. The van der Waals surface area contributed by atoms with E-state index in [1.165, 1.54) is 45.2 Å². The molecule has 0 heterocycles. The van der Waals surface area contributed by atoms with Crippen LogP contribution in [0.3, 0.4) is 0 Å². The molecule has 1 amide bonds. The van der Waals surface area contributed by atoms with Crippen molar-refractivity contribution in [2.75, 3.05) is 27.6 Å². The first kappa shape index (κ1) is 16.0. The second-order valence-corrected chi connectivity index (χ2v) is 4.34. The van der Waals surface area contributed by atoms with Crippen molar-refractivity contribution in [2.45, 2.75) is 0 Å². The summed E-state index contributed by atoms with van der Waals surface area (Å²) >= 11 is 1.23. The Kier molecular flexibility index (Phi) is 5.98. The number of nitrogens with two attached hydrogens (primary N) is 1. The first-order valence-electron chi connectivity index (χ1n) is 5.54. The number of carbonyl (C=O) groups excluding carboxylic acids is 1. The van der Waals surface area contributed by atoms with Gasteiger partial charge < -0.3 is 19.9 Å². The zero-order valence-electron chi connectivity index (χ0n) is 11.7. The fourth-order valence-electron chi connectivity index (χ4n) is 1.43. The number of hydrogen-bond donors (Lipinski definition) is 2. The fraction of sp³-hybridized carbons (Fsp3) is 0.333. The molecule has 0 spiro atoms. The SMILES string of the molecule is COc1cc(C(=O)N/N=C(\N)SC)cc(OC)c1OC. The van der Waals surface area contributed by atoms with Crippen LogP contribution in [0.2, 0.25) is 0 Å². The number of amidine groups is 1. The predicted octanol–water partition coefficient (Wildman–Crippen LogP) is 1.03. The third-order valence-corrected chi connectivity index (χ3v) is 2.91. The third-order valence-electron chi connectivity index (χ3n) is 2.40. The smallest absolute Gasteiger partial charge is 0.271 e. The van der Waals surface area contributed by atoms with Gasteiger partial charge in [-0.15, -0.1) is 5.10 Å². The molecule has 0 radical (unpaired) electrons. The summed E-state index contributed by atoms with van der Waals surface area (Å²) in [5.41, 5.74) is 8.14. The Bertz CT molecular complexity index is 494. The molecule has 0 aliphatic rings. The molecule has 0 saturated heterocycles. The van der Waals surface area contributed by atoms with E-state index in [-0.39, 0.29) is 5.17 Å². The van der Waals surface area contributed by atoms with Crippen LogP contribution in [0, 0.1) is 0 Å². The van der Waals surface area contributed by atoms with E-state index in [1.54, 1.807) is 6.26 Å². The second kappa shape index (κ2) is 7.49. The molecule has 0 unspecified atom stereocenters. The van der Waals surface area contributed by atoms with Gasteiger partial charge in [0.2, 0.25) is 5.75 Å². The Morgan fingerprint density at radius 2 is 1.75 bits per heavy atom. The van der Waals surface area contributed by atoms with E-state index in [1.807, 2.05) is 0 Å². The maximum atomic E-state index is 12.0. The Labute approximate surface area is 121 Å². The number of benzene rings is 1. The normalized spacial score (nSPS) is 10.9. The Hall–Kier alpha value is -2.09. The molecule has 0 aliphatic heterocycles. The van der Waals surface area contributed by atoms with E-state index in [4.69, 9.17) is 19.9 Å². The number of nitrogens with zero attached hydrogens (tertiary/aromatic N) is 1. The number of methoxy groups -OCH3 is 3. The van der Waals surface area contributed by atoms with Gasteiger partial charge in [-0.2, -0.15) is 0 Å². The van der Waals surface area contributed by atoms with Gasteiger partial charge in [0.1, 0.15) is 0 Å². The number of nitrogens with one attached hydrogen (secondary N) is 1. The minimum Gasteiger partial charge on any atom is -0.493 e. The fourth-order valence-corrected chi connectivity index (χ4v) is 1.57. The quantitative estimate of drug-likeness (QED) is 0.479. The third kappa shape index (κ3) is 3.70. The second-order valence-electron chi connectivity index (χ2n) is 3.51. The minimum atomic E-state index is -0.429. The predicted molar refractivity (Wildman–Crippen MR) is 78.7 cm³/mol. The summed E-state index contributed by atoms with van der Waals surface area (Å²) in [6.07, 6.45) is 1.75. The van der Waals surface area contributed by atoms with Crippen LogP contribution in [0.1, 0.15) is 10.4 Å². The maximum Gasteiger partial charge on any atom is 0.271 e. The number of ether oxygens (including phenoxy) is 3. The Balaban J connectivity index is 3.10. The van der Waals surface area contributed by atoms with Crippen LogP contribution in [0.15, 0.2) is 17.2 Å². The van der Waals surface area contributed by atoms with Crippen molar-refractivity contribution in [3.8, 4) is 17.2 Å². The summed E-state index contributed by atoms with van der Waals surface area (Å²) in [7, 11) is 4.44. The maximum absolute atomic E-state index is 12.0. The molecule has 0 atom stereocenters. The van der Waals surface area contributed by atoms with Crippen LogP contribution in [-0.4, -0.2) is 38.7 Å². The summed E-state index contributed by atoms with van der Waals surface area (Å²) in [6, 6.07) is 3.06. The van der Waals surface area contributed by atoms with E-state index < -0.39 is 5.91 Å². The highest BCUT2D eigenvalue weighted by molar-refractivity contribution is 8.13. The van der Waals surface area contributed by atoms with Crippen molar-refractivity contribution in [2.24, 2.45) is 10.8 Å². The molecule has 0 aliphatic carbocycles. The Morgan fingerprint density at radius 3 is 2.15 bits per heavy atom. The Morgan fingerprint density at radius 1 is 1.20 bits per heavy atom. The van der Waals surface area contributed by atoms with Gasteiger partial charge >= 0.3 is 0 Å². The zero-order chi connectivity index (χ0) is 15.1. The molecule has 20 heavy (non-hydrogen) atoms. The summed E-state index contributed by atoms with van der Waals surface area (Å²) in [5.74, 6) is 0.762. The number of amides is 1. The van der Waals surface area contributed by atoms with Crippen LogP contribution in [-0.2, 0) is 0 Å². The standard InChI is InChI=1S/C12H17N3O4S/c1-17-8-5-7(6-9(18-2)10(8)19-3)11(16)14-15-12(13)20-4/h5-6H,1-4H3,(H2,13,15)(H,14,16). The minimum absolute atomic E-state index is 0.255. The average molecular weight is 299 g/mol. The lowest BCUT2D eigenvalue weighted by molar-refractivity contribution is 0.0954. The number of carbonyl (C=O) groups is 1. The van der Waals surface area contributed by atoms with E-state index in [0.717, 1.165) is 0 Å². The van der Waals surface area contributed by atoms with Gasteiger partial charge in [-0.3, -0.25) is 4.79 Å². The highest BCUT2D eigenvalue weighted by Crippen LogP contribution is 2.38. The average Bonchev–Trinajstić information content (AvgIpc) is 2.50. The molecule has 0 aromatic heterocycles. The molecule has 0 bridgehead atoms. The molecule has 110 valence electrons. The van der Waals surface area contributed by atoms with E-state index in [2.05, 4.69) is 10.5 Å². The van der Waals surface area contributed by atoms with Crippen LogP contribution in [0.25, 0.3) is 0 Å². The summed E-state index contributed by atoms with van der Waals surface area (Å²) in [4.78, 5) is 12.0. The van der Waals surface area contributed by atoms with Crippen LogP contribution >= 0.6 is 11.8 Å². The molecule has 8 heteroatoms. The lowest BCUT2D eigenvalue weighted by atomic mass is 10.1. The largest absolute Gasteiger partial charge is 0.493 e. The zero-order valence-corrected chi connectivity index (χ0v) is 12.5. The molecule has 1 aromatic rings. The van der Waals surface area contributed by atoms with Crippen molar-refractivity contribution in [3.63, 3.8) is 0 Å². The van der Waals surface area contributed by atoms with Gasteiger partial charge in [0.15, 0.2) is 16.7 Å². The van der Waals surface area contributed by atoms with E-state index >= 15 is 0 Å². The topological polar surface area (TPSA) is 95.2 Å². The molecule has 0 saturated carbocycles. The molecule has 3 N–H and O–H groups in total. The van der Waals surface area contributed by atoms with Gasteiger partial charge in [-0.1, -0.05) is 11.8 Å². The molecular weight excluding hydrogens is 282 g/mol. The number of thioether (sulfide) groups is 1. The molecular formula is C12H17N3O4S. The van der Waals surface area contributed by atoms with Gasteiger partial charge in [0.25, 0.3) is 5.91 Å². The number of hydrogen-bond acceptors (Lipinski definition) is 6. The van der Waals surface area contributed by atoms with Gasteiger partial charge in [0, 0.05) is 5.56 Å². The first-order chi connectivity index (χ1) is 9.57. The van der Waals surface area contributed by atoms with Gasteiger partial charge in [0.05, 0.1) is 21.3 Å². The monoisotopic (exact) mass is 299 g/mol. The number of hydrazone groups is 1. The van der Waals surface area contributed by atoms with E-state index in [0.29, 0.717) is 22.8 Å². The van der Waals surface area contributed by atoms with Crippen molar-refractivity contribution >= 4 is 22.8 Å². The van der Waals surface area contributed by atoms with Gasteiger partial charge in [-0.25, -0.2) is 5.43 Å². The van der Waals surface area contributed by atoms with Crippen LogP contribution in [0.5, 0.6) is 17.2 Å². The van der Waals surface area contributed by atoms with E-state index in [9.17, 15) is 4.79 Å². The summed E-state index contributed by atoms with van der Waals surface area (Å²) in [5, 5.41) is 3.97. The molecule has 0 fully saturated rings. The van der Waals surface area contributed by atoms with Gasteiger partial charge in [-0.05, 0) is 18.4 Å². The molecule has 1 rings (SSSR count). The lowest BCUT2D eigenvalue weighted by Gasteiger charge is -2.13. The van der Waals surface area contributed by atoms with Crippen molar-refractivity contribution in [1.29, 1.82) is 0 Å². The summed E-state index contributed by atoms with van der Waals surface area (Å²) in [6.45, 7) is 0. The molecule has 1 aromatic carbocycles. The van der Waals surface area contributed by atoms with Crippen LogP contribution in [0.4, 0.5) is 0 Å². The highest BCUT2D eigenvalue weighted by atomic mass is 32.2. The van der Waals surface area contributed by atoms with Crippen molar-refractivity contribution in [3.05, 3.63) is 17.7 Å². The first-order valence-corrected chi connectivity index (χ1v) is 6.77. The molecule has 7 nitrogen and oxygen atoms in total. The number of rotatable bonds is 5. The highest BCUT2D eigenvalue weighted by Gasteiger charge is 2.16.